The third kappa shape index (κ3) is 3.01. The van der Waals surface area contributed by atoms with Crippen LogP contribution in [0.1, 0.15) is 6.42 Å². The van der Waals surface area contributed by atoms with Crippen LogP contribution in [0.2, 0.25) is 5.28 Å². The topological polar surface area (TPSA) is 68.5 Å². The van der Waals surface area contributed by atoms with Gasteiger partial charge in [0.2, 0.25) is 17.2 Å². The monoisotopic (exact) mass is 250 g/mol. The molecule has 0 saturated carbocycles. The van der Waals surface area contributed by atoms with E-state index in [2.05, 4.69) is 31.8 Å². The van der Waals surface area contributed by atoms with Gasteiger partial charge in [-0.3, -0.25) is 4.57 Å². The van der Waals surface area contributed by atoms with E-state index < -0.39 is 0 Å². The third-order valence-corrected chi connectivity index (χ3v) is 2.13. The molecule has 0 aliphatic carbocycles. The number of hydrogen-bond acceptors (Lipinski definition) is 5. The van der Waals surface area contributed by atoms with Gasteiger partial charge in [-0.15, -0.1) is 6.58 Å². The Labute approximate surface area is 103 Å². The second-order valence-corrected chi connectivity index (χ2v) is 3.54. The van der Waals surface area contributed by atoms with E-state index in [1.807, 2.05) is 6.08 Å². The Kier molecular flexibility index (Phi) is 3.66. The SMILES string of the molecule is C=CCCNc1nc(Cl)nc(-n2ccnc2)n1. The van der Waals surface area contributed by atoms with Gasteiger partial charge in [-0.05, 0) is 18.0 Å². The van der Waals surface area contributed by atoms with Crippen molar-refractivity contribution < 1.29 is 0 Å². The zero-order valence-corrected chi connectivity index (χ0v) is 9.80. The molecule has 0 spiro atoms. The molecule has 17 heavy (non-hydrogen) atoms. The predicted octanol–water partition coefficient (Wildman–Crippen LogP) is 1.70. The lowest BCUT2D eigenvalue weighted by Gasteiger charge is -2.05. The van der Waals surface area contributed by atoms with E-state index in [1.165, 1.54) is 0 Å². The Balaban J connectivity index is 2.20. The van der Waals surface area contributed by atoms with Crippen LogP contribution in [-0.4, -0.2) is 31.0 Å². The van der Waals surface area contributed by atoms with Gasteiger partial charge in [0.1, 0.15) is 6.33 Å². The molecule has 88 valence electrons. The quantitative estimate of drug-likeness (QED) is 0.646. The molecule has 0 fully saturated rings. The largest absolute Gasteiger partial charge is 0.354 e. The van der Waals surface area contributed by atoms with Crippen molar-refractivity contribution >= 4 is 17.5 Å². The van der Waals surface area contributed by atoms with Crippen molar-refractivity contribution in [2.24, 2.45) is 0 Å². The van der Waals surface area contributed by atoms with Crippen LogP contribution in [0.4, 0.5) is 5.95 Å². The van der Waals surface area contributed by atoms with Crippen LogP contribution in [-0.2, 0) is 0 Å². The van der Waals surface area contributed by atoms with Gasteiger partial charge in [0, 0.05) is 18.9 Å². The van der Waals surface area contributed by atoms with E-state index in [1.54, 1.807) is 23.3 Å². The van der Waals surface area contributed by atoms with Crippen molar-refractivity contribution in [1.82, 2.24) is 24.5 Å². The smallest absolute Gasteiger partial charge is 0.241 e. The second-order valence-electron chi connectivity index (χ2n) is 3.20. The molecule has 0 aliphatic heterocycles. The highest BCUT2D eigenvalue weighted by Crippen LogP contribution is 2.09. The number of halogens is 1. The van der Waals surface area contributed by atoms with Gasteiger partial charge < -0.3 is 5.32 Å². The lowest BCUT2D eigenvalue weighted by molar-refractivity contribution is 0.886. The molecule has 1 N–H and O–H groups in total. The summed E-state index contributed by atoms with van der Waals surface area (Å²) < 4.78 is 1.66. The minimum atomic E-state index is 0.143. The van der Waals surface area contributed by atoms with Gasteiger partial charge in [-0.1, -0.05) is 6.08 Å². The summed E-state index contributed by atoms with van der Waals surface area (Å²) in [4.78, 5) is 16.1. The normalized spacial score (nSPS) is 10.2. The van der Waals surface area contributed by atoms with Gasteiger partial charge in [0.25, 0.3) is 0 Å². The van der Waals surface area contributed by atoms with Gasteiger partial charge in [0.15, 0.2) is 0 Å². The fourth-order valence-corrected chi connectivity index (χ4v) is 1.35. The molecule has 2 rings (SSSR count). The van der Waals surface area contributed by atoms with E-state index in [0.717, 1.165) is 6.42 Å². The predicted molar refractivity (Wildman–Crippen MR) is 65.3 cm³/mol. The molecule has 7 heteroatoms. The molecule has 2 aromatic heterocycles. The maximum atomic E-state index is 5.82. The zero-order valence-electron chi connectivity index (χ0n) is 9.04. The molecule has 0 bridgehead atoms. The van der Waals surface area contributed by atoms with E-state index in [4.69, 9.17) is 11.6 Å². The third-order valence-electron chi connectivity index (χ3n) is 1.96. The molecule has 2 heterocycles. The van der Waals surface area contributed by atoms with Crippen molar-refractivity contribution in [3.8, 4) is 5.95 Å². The van der Waals surface area contributed by atoms with Crippen LogP contribution in [0.15, 0.2) is 31.4 Å². The summed E-state index contributed by atoms with van der Waals surface area (Å²) in [5.41, 5.74) is 0. The van der Waals surface area contributed by atoms with Gasteiger partial charge in [-0.25, -0.2) is 4.98 Å². The summed E-state index contributed by atoms with van der Waals surface area (Å²) in [6.45, 7) is 4.34. The Morgan fingerprint density at radius 1 is 1.41 bits per heavy atom. The summed E-state index contributed by atoms with van der Waals surface area (Å²) >= 11 is 5.82. The number of imidazole rings is 1. The lowest BCUT2D eigenvalue weighted by Crippen LogP contribution is -2.09. The standard InChI is InChI=1S/C10H11ClN6/c1-2-3-4-13-9-14-8(11)15-10(16-9)17-6-5-12-7-17/h2,5-7H,1,3-4H2,(H,13,14,15,16). The number of anilines is 1. The van der Waals surface area contributed by atoms with E-state index in [9.17, 15) is 0 Å². The molecule has 0 unspecified atom stereocenters. The number of nitrogens with zero attached hydrogens (tertiary/aromatic N) is 5. The summed E-state index contributed by atoms with van der Waals surface area (Å²) in [6, 6.07) is 0. The molecule has 2 aromatic rings. The average Bonchev–Trinajstić information content (AvgIpc) is 2.82. The van der Waals surface area contributed by atoms with Crippen LogP contribution in [0.5, 0.6) is 0 Å². The first-order valence-electron chi connectivity index (χ1n) is 5.04. The first kappa shape index (κ1) is 11.5. The van der Waals surface area contributed by atoms with Gasteiger partial charge >= 0.3 is 0 Å². The minimum absolute atomic E-state index is 0.143. The van der Waals surface area contributed by atoms with Crippen molar-refractivity contribution in [1.29, 1.82) is 0 Å². The molecule has 6 nitrogen and oxygen atoms in total. The van der Waals surface area contributed by atoms with E-state index >= 15 is 0 Å². The molecule has 0 saturated heterocycles. The Morgan fingerprint density at radius 2 is 2.29 bits per heavy atom. The Morgan fingerprint density at radius 3 is 3.00 bits per heavy atom. The molecular weight excluding hydrogens is 240 g/mol. The number of hydrogen-bond donors (Lipinski definition) is 1. The maximum Gasteiger partial charge on any atom is 0.241 e. The van der Waals surface area contributed by atoms with Crippen molar-refractivity contribution in [2.45, 2.75) is 6.42 Å². The van der Waals surface area contributed by atoms with Crippen LogP contribution < -0.4 is 5.32 Å². The van der Waals surface area contributed by atoms with Crippen LogP contribution in [0, 0.1) is 0 Å². The van der Waals surface area contributed by atoms with Gasteiger partial charge in [0.05, 0.1) is 0 Å². The Hall–Kier alpha value is -1.95. The molecule has 0 aromatic carbocycles. The summed E-state index contributed by atoms with van der Waals surface area (Å²) in [6.07, 6.45) is 7.61. The number of rotatable bonds is 5. The molecule has 0 radical (unpaired) electrons. The highest BCUT2D eigenvalue weighted by atomic mass is 35.5. The number of nitrogens with one attached hydrogen (secondary N) is 1. The zero-order chi connectivity index (χ0) is 12.1. The van der Waals surface area contributed by atoms with Crippen LogP contribution in [0.25, 0.3) is 5.95 Å². The highest BCUT2D eigenvalue weighted by Gasteiger charge is 2.05. The molecule has 0 atom stereocenters. The van der Waals surface area contributed by atoms with Crippen LogP contribution in [0.3, 0.4) is 0 Å². The number of aromatic nitrogens is 5. The summed E-state index contributed by atoms with van der Waals surface area (Å²) in [5, 5.41) is 3.18. The minimum Gasteiger partial charge on any atom is -0.354 e. The van der Waals surface area contributed by atoms with Crippen molar-refractivity contribution in [3.05, 3.63) is 36.7 Å². The molecular formula is C10H11ClN6. The first-order chi connectivity index (χ1) is 8.29. The van der Waals surface area contributed by atoms with Gasteiger partial charge in [-0.2, -0.15) is 15.0 Å². The summed E-state index contributed by atoms with van der Waals surface area (Å²) in [7, 11) is 0. The maximum absolute atomic E-state index is 5.82. The first-order valence-corrected chi connectivity index (χ1v) is 5.42. The second kappa shape index (κ2) is 5.40. The Bertz CT molecular complexity index is 496. The molecule has 0 amide bonds. The van der Waals surface area contributed by atoms with Crippen molar-refractivity contribution in [3.63, 3.8) is 0 Å². The molecule has 0 aliphatic rings. The fraction of sp³-hybridized carbons (Fsp3) is 0.200. The highest BCUT2D eigenvalue weighted by molar-refractivity contribution is 6.28. The van der Waals surface area contributed by atoms with Crippen molar-refractivity contribution in [2.75, 3.05) is 11.9 Å². The summed E-state index contributed by atoms with van der Waals surface area (Å²) in [5.74, 6) is 0.874. The average molecular weight is 251 g/mol. The van der Waals surface area contributed by atoms with Crippen LogP contribution >= 0.6 is 11.6 Å². The van der Waals surface area contributed by atoms with E-state index in [-0.39, 0.29) is 5.28 Å². The van der Waals surface area contributed by atoms with E-state index in [0.29, 0.717) is 18.4 Å². The fourth-order valence-electron chi connectivity index (χ4n) is 1.20. The lowest BCUT2D eigenvalue weighted by atomic mass is 10.4.